The summed E-state index contributed by atoms with van der Waals surface area (Å²) in [6.45, 7) is 2.55. The molecule has 3 aromatic rings. The Morgan fingerprint density at radius 2 is 2.00 bits per heavy atom. The van der Waals surface area contributed by atoms with Crippen LogP contribution in [0.15, 0.2) is 36.7 Å². The minimum atomic E-state index is -1.10. The van der Waals surface area contributed by atoms with Gasteiger partial charge in [0.25, 0.3) is 5.91 Å². The highest BCUT2D eigenvalue weighted by molar-refractivity contribution is 6.05. The number of para-hydroxylation sites is 1. The first kappa shape index (κ1) is 16.3. The Morgan fingerprint density at radius 3 is 2.65 bits per heavy atom. The van der Waals surface area contributed by atoms with Gasteiger partial charge in [-0.1, -0.05) is 6.07 Å². The highest BCUT2D eigenvalue weighted by atomic mass is 16.4. The van der Waals surface area contributed by atoms with Gasteiger partial charge in [0.2, 0.25) is 0 Å². The van der Waals surface area contributed by atoms with Gasteiger partial charge in [-0.05, 0) is 25.1 Å². The van der Waals surface area contributed by atoms with Crippen LogP contribution in [-0.2, 0) is 10.3 Å². The second-order valence-electron chi connectivity index (χ2n) is 6.60. The molecule has 26 heavy (non-hydrogen) atoms. The number of likely N-dealkylation sites (tertiary alicyclic amines) is 1. The number of carboxylic acids is 1. The molecule has 4 rings (SSSR count). The number of piperidine rings is 1. The Kier molecular flexibility index (Phi) is 3.75. The van der Waals surface area contributed by atoms with Crippen LogP contribution in [0.4, 0.5) is 0 Å². The molecule has 2 N–H and O–H groups in total. The van der Waals surface area contributed by atoms with Crippen molar-refractivity contribution in [3.05, 3.63) is 48.0 Å². The number of H-pyrrole nitrogens is 1. The number of aliphatic carboxylic acids is 1. The Bertz CT molecular complexity index is 968. The van der Waals surface area contributed by atoms with E-state index in [1.54, 1.807) is 29.4 Å². The molecule has 0 bridgehead atoms. The quantitative estimate of drug-likeness (QED) is 0.747. The molecule has 8 nitrogen and oxygen atoms in total. The van der Waals surface area contributed by atoms with Crippen molar-refractivity contribution in [1.82, 2.24) is 24.6 Å². The van der Waals surface area contributed by atoms with Gasteiger partial charge in [0.05, 0.1) is 11.1 Å². The van der Waals surface area contributed by atoms with Crippen molar-refractivity contribution in [2.75, 3.05) is 13.1 Å². The van der Waals surface area contributed by atoms with E-state index in [-0.39, 0.29) is 5.91 Å². The molecule has 0 atom stereocenters. The zero-order chi connectivity index (χ0) is 18.3. The van der Waals surface area contributed by atoms with E-state index in [4.69, 9.17) is 0 Å². The fourth-order valence-corrected chi connectivity index (χ4v) is 3.64. The first-order valence-corrected chi connectivity index (χ1v) is 8.49. The number of carbonyl (C=O) groups excluding carboxylic acids is 1. The summed E-state index contributed by atoms with van der Waals surface area (Å²) in [5.74, 6) is -0.289. The van der Waals surface area contributed by atoms with Gasteiger partial charge in [-0.2, -0.15) is 5.10 Å². The molecule has 8 heteroatoms. The molecule has 2 aromatic heterocycles. The number of aromatic amines is 1. The lowest BCUT2D eigenvalue weighted by Gasteiger charge is -2.39. The van der Waals surface area contributed by atoms with E-state index in [1.165, 1.54) is 4.68 Å². The van der Waals surface area contributed by atoms with E-state index in [0.29, 0.717) is 37.0 Å². The third kappa shape index (κ3) is 2.45. The van der Waals surface area contributed by atoms with Gasteiger partial charge in [0, 0.05) is 38.3 Å². The van der Waals surface area contributed by atoms with E-state index in [0.717, 1.165) is 11.3 Å². The SMILES string of the molecule is Cc1nc2c(C(=O)N3CCC(C(=O)O)(n4cccn4)CC3)cccc2[nH]1. The summed E-state index contributed by atoms with van der Waals surface area (Å²) in [6, 6.07) is 7.18. The Hall–Kier alpha value is -3.16. The summed E-state index contributed by atoms with van der Waals surface area (Å²) >= 11 is 0. The number of rotatable bonds is 3. The molecule has 3 heterocycles. The molecule has 0 unspecified atom stereocenters. The smallest absolute Gasteiger partial charge is 0.331 e. The van der Waals surface area contributed by atoms with Crippen LogP contribution in [-0.4, -0.2) is 54.7 Å². The summed E-state index contributed by atoms with van der Waals surface area (Å²) in [4.78, 5) is 34.2. The number of carbonyl (C=O) groups is 2. The molecule has 0 saturated carbocycles. The number of aromatic nitrogens is 4. The zero-order valence-corrected chi connectivity index (χ0v) is 14.3. The van der Waals surface area contributed by atoms with Crippen LogP contribution in [0.25, 0.3) is 11.0 Å². The molecule has 1 aliphatic rings. The molecule has 0 spiro atoms. The molecular weight excluding hydrogens is 334 g/mol. The van der Waals surface area contributed by atoms with Crippen LogP contribution in [0, 0.1) is 6.92 Å². The zero-order valence-electron chi connectivity index (χ0n) is 14.3. The number of carboxylic acid groups (broad SMARTS) is 1. The van der Waals surface area contributed by atoms with E-state index in [9.17, 15) is 14.7 Å². The normalized spacial score (nSPS) is 16.7. The average molecular weight is 353 g/mol. The molecule has 1 amide bonds. The summed E-state index contributed by atoms with van der Waals surface area (Å²) in [7, 11) is 0. The topological polar surface area (TPSA) is 104 Å². The van der Waals surface area contributed by atoms with Gasteiger partial charge in [-0.3, -0.25) is 9.48 Å². The first-order chi connectivity index (χ1) is 12.5. The van der Waals surface area contributed by atoms with Crippen molar-refractivity contribution in [3.63, 3.8) is 0 Å². The number of hydrogen-bond acceptors (Lipinski definition) is 4. The van der Waals surface area contributed by atoms with Gasteiger partial charge in [-0.15, -0.1) is 0 Å². The lowest BCUT2D eigenvalue weighted by molar-refractivity contribution is -0.150. The number of fused-ring (bicyclic) bond motifs is 1. The van der Waals surface area contributed by atoms with Crippen molar-refractivity contribution < 1.29 is 14.7 Å². The minimum Gasteiger partial charge on any atom is -0.479 e. The second kappa shape index (κ2) is 5.98. The first-order valence-electron chi connectivity index (χ1n) is 8.49. The van der Waals surface area contributed by atoms with Crippen molar-refractivity contribution >= 4 is 22.9 Å². The van der Waals surface area contributed by atoms with Gasteiger partial charge in [-0.25, -0.2) is 9.78 Å². The van der Waals surface area contributed by atoms with Gasteiger partial charge in [0.15, 0.2) is 5.54 Å². The molecule has 0 aliphatic carbocycles. The van der Waals surface area contributed by atoms with Crippen LogP contribution in [0.2, 0.25) is 0 Å². The van der Waals surface area contributed by atoms with Gasteiger partial charge < -0.3 is 15.0 Å². The van der Waals surface area contributed by atoms with E-state index in [2.05, 4.69) is 15.1 Å². The predicted molar refractivity (Wildman–Crippen MR) is 93.8 cm³/mol. The number of nitrogens with one attached hydrogen (secondary N) is 1. The molecule has 1 aliphatic heterocycles. The fourth-order valence-electron chi connectivity index (χ4n) is 3.64. The van der Waals surface area contributed by atoms with Crippen molar-refractivity contribution in [2.45, 2.75) is 25.3 Å². The third-order valence-electron chi connectivity index (χ3n) is 5.08. The monoisotopic (exact) mass is 353 g/mol. The Balaban J connectivity index is 1.59. The van der Waals surface area contributed by atoms with Gasteiger partial charge >= 0.3 is 5.97 Å². The Labute approximate surface area is 149 Å². The third-order valence-corrected chi connectivity index (χ3v) is 5.08. The lowest BCUT2D eigenvalue weighted by atomic mass is 9.87. The fraction of sp³-hybridized carbons (Fsp3) is 0.333. The largest absolute Gasteiger partial charge is 0.479 e. The summed E-state index contributed by atoms with van der Waals surface area (Å²) < 4.78 is 1.49. The predicted octanol–water partition coefficient (Wildman–Crippen LogP) is 1.78. The van der Waals surface area contributed by atoms with Crippen molar-refractivity contribution in [1.29, 1.82) is 0 Å². The van der Waals surface area contributed by atoms with Crippen molar-refractivity contribution in [3.8, 4) is 0 Å². The lowest BCUT2D eigenvalue weighted by Crippen LogP contribution is -2.52. The maximum Gasteiger partial charge on any atom is 0.331 e. The number of nitrogens with zero attached hydrogens (tertiary/aromatic N) is 4. The molecule has 1 saturated heterocycles. The van der Waals surface area contributed by atoms with E-state index < -0.39 is 11.5 Å². The minimum absolute atomic E-state index is 0.124. The maximum atomic E-state index is 13.0. The van der Waals surface area contributed by atoms with Crippen LogP contribution in [0.3, 0.4) is 0 Å². The average Bonchev–Trinajstić information content (AvgIpc) is 3.29. The summed E-state index contributed by atoms with van der Waals surface area (Å²) in [5, 5.41) is 13.9. The highest BCUT2D eigenvalue weighted by Crippen LogP contribution is 2.31. The summed E-state index contributed by atoms with van der Waals surface area (Å²) in [6.07, 6.45) is 3.86. The number of hydrogen-bond donors (Lipinski definition) is 2. The molecular formula is C18H19N5O3. The van der Waals surface area contributed by atoms with Crippen LogP contribution in [0.1, 0.15) is 29.0 Å². The molecule has 1 fully saturated rings. The van der Waals surface area contributed by atoms with E-state index in [1.807, 2.05) is 19.1 Å². The Morgan fingerprint density at radius 1 is 1.23 bits per heavy atom. The summed E-state index contributed by atoms with van der Waals surface area (Å²) in [5.41, 5.74) is 0.905. The van der Waals surface area contributed by atoms with Crippen molar-refractivity contribution in [2.24, 2.45) is 0 Å². The number of imidazole rings is 1. The standard InChI is InChI=1S/C18H19N5O3/c1-12-20-14-5-2-4-13(15(14)21-12)16(24)22-10-6-18(7-11-22,17(25)26)23-9-3-8-19-23/h2-5,8-9H,6-7,10-11H2,1H3,(H,20,21)(H,25,26). The van der Waals surface area contributed by atoms with E-state index >= 15 is 0 Å². The number of aryl methyl sites for hydroxylation is 1. The number of amides is 1. The highest BCUT2D eigenvalue weighted by Gasteiger charge is 2.45. The maximum absolute atomic E-state index is 13.0. The number of benzene rings is 1. The van der Waals surface area contributed by atoms with Crippen LogP contribution < -0.4 is 0 Å². The second-order valence-corrected chi connectivity index (χ2v) is 6.60. The molecule has 134 valence electrons. The van der Waals surface area contributed by atoms with Crippen LogP contribution >= 0.6 is 0 Å². The van der Waals surface area contributed by atoms with Gasteiger partial charge in [0.1, 0.15) is 11.3 Å². The van der Waals surface area contributed by atoms with Crippen LogP contribution in [0.5, 0.6) is 0 Å². The molecule has 0 radical (unpaired) electrons. The molecule has 1 aromatic carbocycles.